The van der Waals surface area contributed by atoms with Gasteiger partial charge in [0.2, 0.25) is 0 Å². The normalized spacial score (nSPS) is 11.2. The van der Waals surface area contributed by atoms with Gasteiger partial charge in [0.05, 0.1) is 37.8 Å². The van der Waals surface area contributed by atoms with E-state index in [4.69, 9.17) is 4.74 Å². The molecule has 0 saturated carbocycles. The maximum absolute atomic E-state index is 14.2. The van der Waals surface area contributed by atoms with E-state index >= 15 is 0 Å². The highest BCUT2D eigenvalue weighted by atomic mass is 127. The van der Waals surface area contributed by atoms with Crippen molar-refractivity contribution in [2.24, 2.45) is 0 Å². The second-order valence-electron chi connectivity index (χ2n) is 7.32. The maximum atomic E-state index is 14.2. The first-order valence-corrected chi connectivity index (χ1v) is 8.56. The molecule has 0 aromatic heterocycles. The molecule has 0 amide bonds. The molecule has 2 aromatic rings. The third-order valence-corrected chi connectivity index (χ3v) is 3.84. The topological polar surface area (TPSA) is 46.5 Å². The highest BCUT2D eigenvalue weighted by Crippen LogP contribution is 2.33. The Labute approximate surface area is 189 Å². The van der Waals surface area contributed by atoms with Crippen molar-refractivity contribution < 1.29 is 60.7 Å². The Morgan fingerprint density at radius 2 is 1.67 bits per heavy atom. The summed E-state index contributed by atoms with van der Waals surface area (Å²) in [5.74, 6) is 2.49. The van der Waals surface area contributed by atoms with Crippen LogP contribution in [0.4, 0.5) is 17.6 Å². The van der Waals surface area contributed by atoms with Crippen molar-refractivity contribution >= 4 is 5.97 Å². The van der Waals surface area contributed by atoms with Crippen LogP contribution < -0.4 is 24.0 Å². The van der Waals surface area contributed by atoms with E-state index in [2.05, 4.69) is 11.8 Å². The lowest BCUT2D eigenvalue weighted by atomic mass is 10.1. The smallest absolute Gasteiger partial charge is 0.417 e. The van der Waals surface area contributed by atoms with E-state index in [1.165, 1.54) is 12.1 Å². The van der Waals surface area contributed by atoms with E-state index in [0.717, 1.165) is 18.2 Å². The predicted octanol–water partition coefficient (Wildman–Crippen LogP) is 0.817. The molecule has 0 aliphatic heterocycles. The van der Waals surface area contributed by atoms with Crippen LogP contribution in [0.15, 0.2) is 36.4 Å². The average Bonchev–Trinajstić information content (AvgIpc) is 2.59. The first-order valence-electron chi connectivity index (χ1n) is 8.56. The summed E-state index contributed by atoms with van der Waals surface area (Å²) in [5.41, 5.74) is -1.72. The molecule has 4 nitrogen and oxygen atoms in total. The summed E-state index contributed by atoms with van der Waals surface area (Å²) < 4.78 is 59.1. The predicted molar refractivity (Wildman–Crippen MR) is 98.7 cm³/mol. The molecular weight excluding hydrogens is 517 g/mol. The van der Waals surface area contributed by atoms with Crippen LogP contribution in [0.2, 0.25) is 0 Å². The third kappa shape index (κ3) is 7.50. The summed E-state index contributed by atoms with van der Waals surface area (Å²) in [6, 6.07) is 6.04. The van der Waals surface area contributed by atoms with E-state index in [9.17, 15) is 27.5 Å². The lowest BCUT2D eigenvalue weighted by Crippen LogP contribution is -3.00. The number of ether oxygens (including phenoxy) is 1. The van der Waals surface area contributed by atoms with Gasteiger partial charge in [-0.1, -0.05) is 11.8 Å². The highest BCUT2D eigenvalue weighted by molar-refractivity contribution is 5.89. The van der Waals surface area contributed by atoms with Crippen LogP contribution in [0.5, 0.6) is 5.75 Å². The van der Waals surface area contributed by atoms with Crippen LogP contribution in [0, 0.1) is 17.7 Å². The molecule has 0 radical (unpaired) electrons. The monoisotopic (exact) mass is 537 g/mol. The molecule has 2 aromatic carbocycles. The van der Waals surface area contributed by atoms with Crippen molar-refractivity contribution in [2.75, 3.05) is 34.3 Å². The van der Waals surface area contributed by atoms with Crippen LogP contribution in [0.25, 0.3) is 0 Å². The number of carbonyl (C=O) groups excluding carboxylic acids is 1. The number of aromatic hydroxyl groups is 1. The Kier molecular flexibility index (Phi) is 8.68. The lowest BCUT2D eigenvalue weighted by molar-refractivity contribution is -0.870. The number of rotatable bonds is 4. The Balaban J connectivity index is 0.00000450. The molecule has 0 unspecified atom stereocenters. The summed E-state index contributed by atoms with van der Waals surface area (Å²) in [6.45, 7) is 0.735. The summed E-state index contributed by atoms with van der Waals surface area (Å²) in [4.78, 5) is 12.0. The Hall–Kier alpha value is -2.32. The molecule has 0 aliphatic rings. The molecule has 0 saturated heterocycles. The number of phenolic OH excluding ortho intramolecular Hbond substituents is 1. The fraction of sp³-hybridized carbons (Fsp3) is 0.286. The van der Waals surface area contributed by atoms with Crippen LogP contribution in [0.3, 0.4) is 0 Å². The quantitative estimate of drug-likeness (QED) is 0.207. The van der Waals surface area contributed by atoms with Crippen molar-refractivity contribution in [3.8, 4) is 17.6 Å². The Morgan fingerprint density at radius 3 is 2.23 bits per heavy atom. The third-order valence-electron chi connectivity index (χ3n) is 3.84. The summed E-state index contributed by atoms with van der Waals surface area (Å²) in [7, 11) is 5.79. The molecule has 2 rings (SSSR count). The van der Waals surface area contributed by atoms with Crippen molar-refractivity contribution in [1.29, 1.82) is 0 Å². The SMILES string of the molecule is C[N+](C)(C)CCOC(=O)c1ccc(C#Cc2ccc(O)cc2C(F)(F)F)c(F)c1.[I-]. The fourth-order valence-corrected chi connectivity index (χ4v) is 2.25. The number of hydrogen-bond acceptors (Lipinski definition) is 3. The molecule has 0 heterocycles. The standard InChI is InChI=1S/C21H19F4NO3.HI/c1-26(2,3)10-11-29-20(28)16-7-6-15(19(22)12-16)5-4-14-8-9-17(27)13-18(14)21(23,24)25;/h6-9,12-13H,10-11H2,1-3H3;1H. The van der Waals surface area contributed by atoms with E-state index in [1.54, 1.807) is 0 Å². The van der Waals surface area contributed by atoms with E-state index < -0.39 is 34.8 Å². The zero-order valence-electron chi connectivity index (χ0n) is 16.5. The number of likely N-dealkylation sites (N-methyl/N-ethyl adjacent to an activating group) is 1. The van der Waals surface area contributed by atoms with Gasteiger partial charge in [-0.25, -0.2) is 9.18 Å². The molecule has 162 valence electrons. The number of esters is 1. The molecule has 9 heteroatoms. The fourth-order valence-electron chi connectivity index (χ4n) is 2.25. The number of quaternary nitrogens is 1. The second-order valence-corrected chi connectivity index (χ2v) is 7.32. The molecule has 0 bridgehead atoms. The Morgan fingerprint density at radius 1 is 1.07 bits per heavy atom. The van der Waals surface area contributed by atoms with E-state index in [1.807, 2.05) is 21.1 Å². The number of hydrogen-bond donors (Lipinski definition) is 1. The zero-order chi connectivity index (χ0) is 21.8. The van der Waals surface area contributed by atoms with E-state index in [-0.39, 0.29) is 41.7 Å². The summed E-state index contributed by atoms with van der Waals surface area (Å²) >= 11 is 0. The molecule has 30 heavy (non-hydrogen) atoms. The minimum atomic E-state index is -4.72. The van der Waals surface area contributed by atoms with Gasteiger partial charge in [0.15, 0.2) is 0 Å². The van der Waals surface area contributed by atoms with Gasteiger partial charge in [-0.15, -0.1) is 0 Å². The van der Waals surface area contributed by atoms with Crippen LogP contribution >= 0.6 is 0 Å². The molecule has 0 atom stereocenters. The van der Waals surface area contributed by atoms with Crippen molar-refractivity contribution in [3.63, 3.8) is 0 Å². The summed E-state index contributed by atoms with van der Waals surface area (Å²) in [6.07, 6.45) is -4.72. The Bertz CT molecular complexity index is 973. The van der Waals surface area contributed by atoms with Crippen LogP contribution in [-0.2, 0) is 10.9 Å². The van der Waals surface area contributed by atoms with Crippen LogP contribution in [-0.4, -0.2) is 49.9 Å². The lowest BCUT2D eigenvalue weighted by Gasteiger charge is -2.23. The number of nitrogens with zero attached hydrogens (tertiary/aromatic N) is 1. The number of benzene rings is 2. The van der Waals surface area contributed by atoms with Gasteiger partial charge in [0, 0.05) is 5.56 Å². The summed E-state index contributed by atoms with van der Waals surface area (Å²) in [5, 5.41) is 9.27. The maximum Gasteiger partial charge on any atom is 0.417 e. The van der Waals surface area contributed by atoms with Crippen molar-refractivity contribution in [3.05, 3.63) is 64.5 Å². The molecular formula is C21H20F4INO3. The van der Waals surface area contributed by atoms with Crippen LogP contribution in [0.1, 0.15) is 27.0 Å². The van der Waals surface area contributed by atoms with Gasteiger partial charge in [0.25, 0.3) is 0 Å². The largest absolute Gasteiger partial charge is 1.00 e. The van der Waals surface area contributed by atoms with E-state index in [0.29, 0.717) is 17.1 Å². The van der Waals surface area contributed by atoms with Gasteiger partial charge in [0.1, 0.15) is 24.7 Å². The first-order chi connectivity index (χ1) is 13.4. The second kappa shape index (κ2) is 10.1. The number of halogens is 5. The number of carbonyl (C=O) groups is 1. The van der Waals surface area contributed by atoms with Gasteiger partial charge >= 0.3 is 12.1 Å². The zero-order valence-corrected chi connectivity index (χ0v) is 18.6. The van der Waals surface area contributed by atoms with Crippen molar-refractivity contribution in [1.82, 2.24) is 0 Å². The minimum absolute atomic E-state index is 0. The van der Waals surface area contributed by atoms with Gasteiger partial charge in [-0.2, -0.15) is 13.2 Å². The molecule has 1 N–H and O–H groups in total. The minimum Gasteiger partial charge on any atom is -1.00 e. The number of phenols is 1. The average molecular weight is 537 g/mol. The van der Waals surface area contributed by atoms with Gasteiger partial charge in [-0.3, -0.25) is 0 Å². The van der Waals surface area contributed by atoms with Gasteiger partial charge in [-0.05, 0) is 36.4 Å². The number of alkyl halides is 3. The molecule has 0 spiro atoms. The highest BCUT2D eigenvalue weighted by Gasteiger charge is 2.33. The van der Waals surface area contributed by atoms with Gasteiger partial charge < -0.3 is 38.3 Å². The van der Waals surface area contributed by atoms with Crippen molar-refractivity contribution in [2.45, 2.75) is 6.18 Å². The molecule has 0 aliphatic carbocycles. The molecule has 0 fully saturated rings. The first kappa shape index (κ1) is 25.7.